The van der Waals surface area contributed by atoms with Crippen molar-refractivity contribution >= 4 is 5.78 Å². The third-order valence-electron chi connectivity index (χ3n) is 2.31. The van der Waals surface area contributed by atoms with Gasteiger partial charge in [0.1, 0.15) is 5.82 Å². The van der Waals surface area contributed by atoms with Crippen molar-refractivity contribution in [1.29, 1.82) is 0 Å². The molecule has 16 heavy (non-hydrogen) atoms. The number of carbonyl (C=O) groups excluding carboxylic acids is 1. The van der Waals surface area contributed by atoms with Crippen LogP contribution in [0.2, 0.25) is 0 Å². The Hall–Kier alpha value is -1.97. The molecule has 0 bridgehead atoms. The van der Waals surface area contributed by atoms with E-state index < -0.39 is 5.82 Å². The Balaban J connectivity index is 2.31. The fourth-order valence-corrected chi connectivity index (χ4v) is 1.45. The Morgan fingerprint density at radius 2 is 2.25 bits per heavy atom. The fraction of sp³-hybridized carbons (Fsp3) is 0.167. The molecule has 0 aliphatic rings. The van der Waals surface area contributed by atoms with Crippen molar-refractivity contribution in [3.63, 3.8) is 0 Å². The maximum Gasteiger partial charge on any atom is 0.196 e. The summed E-state index contributed by atoms with van der Waals surface area (Å²) in [6, 6.07) is 5.65. The van der Waals surface area contributed by atoms with Gasteiger partial charge in [-0.05, 0) is 19.1 Å². The van der Waals surface area contributed by atoms with Crippen molar-refractivity contribution in [3.8, 4) is 0 Å². The first-order valence-electron chi connectivity index (χ1n) is 5.03. The molecule has 0 saturated heterocycles. The first kappa shape index (κ1) is 10.5. The summed E-state index contributed by atoms with van der Waals surface area (Å²) in [6.07, 6.45) is 3.16. The van der Waals surface area contributed by atoms with Gasteiger partial charge >= 0.3 is 0 Å². The van der Waals surface area contributed by atoms with Crippen LogP contribution in [0.3, 0.4) is 0 Å². The number of rotatable bonds is 3. The number of halogens is 1. The predicted molar refractivity (Wildman–Crippen MR) is 57.7 cm³/mol. The molecule has 4 heteroatoms. The number of ketones is 1. The normalized spacial score (nSPS) is 10.4. The lowest BCUT2D eigenvalue weighted by Crippen LogP contribution is -2.00. The molecule has 2 rings (SSSR count). The number of hydrogen-bond acceptors (Lipinski definition) is 2. The summed E-state index contributed by atoms with van der Waals surface area (Å²) in [5.74, 6) is -0.618. The van der Waals surface area contributed by atoms with Gasteiger partial charge in [-0.3, -0.25) is 9.48 Å². The lowest BCUT2D eigenvalue weighted by molar-refractivity contribution is 0.103. The molecule has 3 nitrogen and oxygen atoms in total. The van der Waals surface area contributed by atoms with Crippen LogP contribution < -0.4 is 0 Å². The van der Waals surface area contributed by atoms with Gasteiger partial charge < -0.3 is 0 Å². The third-order valence-corrected chi connectivity index (χ3v) is 2.31. The predicted octanol–water partition coefficient (Wildman–Crippen LogP) is 2.27. The molecule has 1 aromatic carbocycles. The van der Waals surface area contributed by atoms with E-state index in [9.17, 15) is 9.18 Å². The van der Waals surface area contributed by atoms with E-state index in [0.717, 1.165) is 0 Å². The molecular formula is C12H11FN2O. The number of benzene rings is 1. The van der Waals surface area contributed by atoms with Crippen LogP contribution in [0.15, 0.2) is 36.7 Å². The van der Waals surface area contributed by atoms with Crippen molar-refractivity contribution in [2.75, 3.05) is 0 Å². The Morgan fingerprint density at radius 1 is 1.44 bits per heavy atom. The van der Waals surface area contributed by atoms with E-state index in [2.05, 4.69) is 5.10 Å². The average Bonchev–Trinajstić information content (AvgIpc) is 2.76. The molecule has 0 unspecified atom stereocenters. The maximum atomic E-state index is 12.9. The molecule has 1 aromatic heterocycles. The fourth-order valence-electron chi connectivity index (χ4n) is 1.45. The van der Waals surface area contributed by atoms with Gasteiger partial charge in [0.2, 0.25) is 0 Å². The van der Waals surface area contributed by atoms with Crippen LogP contribution in [-0.2, 0) is 6.54 Å². The van der Waals surface area contributed by atoms with Crippen LogP contribution in [0.25, 0.3) is 0 Å². The molecule has 0 fully saturated rings. The highest BCUT2D eigenvalue weighted by Crippen LogP contribution is 2.10. The minimum absolute atomic E-state index is 0.209. The van der Waals surface area contributed by atoms with Crippen LogP contribution in [0.5, 0.6) is 0 Å². The number of hydrogen-bond donors (Lipinski definition) is 0. The average molecular weight is 218 g/mol. The van der Waals surface area contributed by atoms with Crippen LogP contribution in [0.4, 0.5) is 4.39 Å². The summed E-state index contributed by atoms with van der Waals surface area (Å²) in [4.78, 5) is 11.9. The number of carbonyl (C=O) groups is 1. The van der Waals surface area contributed by atoms with E-state index in [4.69, 9.17) is 0 Å². The van der Waals surface area contributed by atoms with Gasteiger partial charge in [0, 0.05) is 18.3 Å². The van der Waals surface area contributed by atoms with E-state index >= 15 is 0 Å². The van der Waals surface area contributed by atoms with Gasteiger partial charge in [-0.25, -0.2) is 4.39 Å². The van der Waals surface area contributed by atoms with Crippen molar-refractivity contribution in [2.24, 2.45) is 0 Å². The van der Waals surface area contributed by atoms with Crippen molar-refractivity contribution < 1.29 is 9.18 Å². The molecule has 0 atom stereocenters. The van der Waals surface area contributed by atoms with Gasteiger partial charge in [0.25, 0.3) is 0 Å². The van der Waals surface area contributed by atoms with E-state index in [-0.39, 0.29) is 5.78 Å². The second-order valence-electron chi connectivity index (χ2n) is 3.42. The molecular weight excluding hydrogens is 207 g/mol. The highest BCUT2D eigenvalue weighted by Gasteiger charge is 2.11. The standard InChI is InChI=1S/C12H11FN2O/c1-2-15-8-10(7-14-15)12(16)9-4-3-5-11(13)6-9/h3-8H,2H2,1H3. The SMILES string of the molecule is CCn1cc(C(=O)c2cccc(F)c2)cn1. The minimum atomic E-state index is -0.409. The van der Waals surface area contributed by atoms with Crippen molar-refractivity contribution in [2.45, 2.75) is 13.5 Å². The molecule has 82 valence electrons. The monoisotopic (exact) mass is 218 g/mol. The molecule has 0 N–H and O–H groups in total. The number of aromatic nitrogens is 2. The van der Waals surface area contributed by atoms with Crippen LogP contribution in [0.1, 0.15) is 22.8 Å². The van der Waals surface area contributed by atoms with Gasteiger partial charge in [-0.1, -0.05) is 12.1 Å². The van der Waals surface area contributed by atoms with Crippen molar-refractivity contribution in [3.05, 3.63) is 53.6 Å². The quantitative estimate of drug-likeness (QED) is 0.741. The second kappa shape index (κ2) is 4.26. The summed E-state index contributed by atoms with van der Waals surface area (Å²) >= 11 is 0. The second-order valence-corrected chi connectivity index (χ2v) is 3.42. The Bertz CT molecular complexity index is 519. The Morgan fingerprint density at radius 3 is 2.88 bits per heavy atom. The minimum Gasteiger partial charge on any atom is -0.288 e. The summed E-state index contributed by atoms with van der Waals surface area (Å²) in [5.41, 5.74) is 0.822. The summed E-state index contributed by atoms with van der Waals surface area (Å²) in [5, 5.41) is 4.01. The molecule has 0 amide bonds. The topological polar surface area (TPSA) is 34.9 Å². The number of nitrogens with zero attached hydrogens (tertiary/aromatic N) is 2. The first-order chi connectivity index (χ1) is 7.70. The van der Waals surface area contributed by atoms with Crippen molar-refractivity contribution in [1.82, 2.24) is 9.78 Å². The highest BCUT2D eigenvalue weighted by atomic mass is 19.1. The largest absolute Gasteiger partial charge is 0.288 e. The Kier molecular flexibility index (Phi) is 2.81. The van der Waals surface area contributed by atoms with Crippen LogP contribution in [0, 0.1) is 5.82 Å². The van der Waals surface area contributed by atoms with Crippen LogP contribution >= 0.6 is 0 Å². The molecule has 0 saturated carbocycles. The summed E-state index contributed by atoms with van der Waals surface area (Å²) in [7, 11) is 0. The zero-order valence-electron chi connectivity index (χ0n) is 8.85. The molecule has 0 aliphatic heterocycles. The van der Waals surface area contributed by atoms with Gasteiger partial charge in [-0.15, -0.1) is 0 Å². The van der Waals surface area contributed by atoms with E-state index in [1.165, 1.54) is 24.4 Å². The lowest BCUT2D eigenvalue weighted by Gasteiger charge is -1.97. The van der Waals surface area contributed by atoms with Crippen LogP contribution in [-0.4, -0.2) is 15.6 Å². The first-order valence-corrected chi connectivity index (χ1v) is 5.03. The zero-order valence-corrected chi connectivity index (χ0v) is 8.85. The third kappa shape index (κ3) is 2.00. The lowest BCUT2D eigenvalue weighted by atomic mass is 10.1. The highest BCUT2D eigenvalue weighted by molar-refractivity contribution is 6.08. The maximum absolute atomic E-state index is 12.9. The number of aryl methyl sites for hydroxylation is 1. The molecule has 0 aliphatic carbocycles. The molecule has 1 heterocycles. The van der Waals surface area contributed by atoms with Gasteiger partial charge in [-0.2, -0.15) is 5.10 Å². The van der Waals surface area contributed by atoms with E-state index in [1.807, 2.05) is 6.92 Å². The summed E-state index contributed by atoms with van der Waals surface area (Å²) in [6.45, 7) is 2.64. The zero-order chi connectivity index (χ0) is 11.5. The smallest absolute Gasteiger partial charge is 0.196 e. The molecule has 2 aromatic rings. The van der Waals surface area contributed by atoms with Gasteiger partial charge in [0.05, 0.1) is 11.8 Å². The molecule has 0 radical (unpaired) electrons. The molecule has 0 spiro atoms. The summed E-state index contributed by atoms with van der Waals surface area (Å²) < 4.78 is 14.6. The van der Waals surface area contributed by atoms with E-state index in [1.54, 1.807) is 16.9 Å². The van der Waals surface area contributed by atoms with E-state index in [0.29, 0.717) is 17.7 Å². The van der Waals surface area contributed by atoms with Gasteiger partial charge in [0.15, 0.2) is 5.78 Å². The Labute approximate surface area is 92.5 Å².